The first-order valence-electron chi connectivity index (χ1n) is 8.49. The first-order chi connectivity index (χ1) is 10.5. The molecule has 4 fully saturated rings. The lowest BCUT2D eigenvalue weighted by molar-refractivity contribution is -0.0379. The Balaban J connectivity index is 1.45. The monoisotopic (exact) mass is 317 g/mol. The fourth-order valence-electron chi connectivity index (χ4n) is 5.62. The van der Waals surface area contributed by atoms with Gasteiger partial charge in [-0.2, -0.15) is 0 Å². The molecule has 1 aromatic carbocycles. The van der Waals surface area contributed by atoms with Gasteiger partial charge in [0, 0.05) is 17.0 Å². The van der Waals surface area contributed by atoms with Crippen molar-refractivity contribution in [1.82, 2.24) is 5.32 Å². The molecule has 4 saturated carbocycles. The minimum absolute atomic E-state index is 0.0265. The second-order valence-corrected chi connectivity index (χ2v) is 8.96. The molecule has 3 heteroatoms. The maximum absolute atomic E-state index is 12.4. The minimum atomic E-state index is 0.0265. The van der Waals surface area contributed by atoms with Crippen LogP contribution in [0.1, 0.15) is 54.4 Å². The second-order valence-electron chi connectivity index (χ2n) is 8.16. The smallest absolute Gasteiger partial charge is 0.251 e. The van der Waals surface area contributed by atoms with Crippen molar-refractivity contribution < 1.29 is 4.79 Å². The molecule has 0 saturated heterocycles. The van der Waals surface area contributed by atoms with Crippen LogP contribution in [-0.4, -0.2) is 17.3 Å². The fourth-order valence-corrected chi connectivity index (χ4v) is 6.34. The Hall–Kier alpha value is -1.02. The van der Waals surface area contributed by atoms with Crippen molar-refractivity contribution in [2.75, 3.05) is 6.54 Å². The molecular formula is C19H24ClNO. The number of carbonyl (C=O) groups excluding carboxylic acids is 1. The number of amides is 1. The van der Waals surface area contributed by atoms with Gasteiger partial charge in [0.1, 0.15) is 0 Å². The number of aryl methyl sites for hydroxylation is 1. The van der Waals surface area contributed by atoms with Crippen molar-refractivity contribution in [2.45, 2.75) is 50.3 Å². The molecule has 118 valence electrons. The molecule has 0 aromatic heterocycles. The van der Waals surface area contributed by atoms with Crippen molar-refractivity contribution >= 4 is 17.5 Å². The van der Waals surface area contributed by atoms with E-state index in [0.29, 0.717) is 0 Å². The third-order valence-corrected chi connectivity index (χ3v) is 6.49. The van der Waals surface area contributed by atoms with Crippen LogP contribution in [0, 0.1) is 24.2 Å². The average Bonchev–Trinajstić information content (AvgIpc) is 2.43. The number of carbonyl (C=O) groups is 1. The summed E-state index contributed by atoms with van der Waals surface area (Å²) < 4.78 is 0. The SMILES string of the molecule is Cc1ccc(C(=O)NCC23C[C@@H]4C[C@@H](CC(Cl)(C4)C2)C3)cc1. The highest BCUT2D eigenvalue weighted by molar-refractivity contribution is 6.24. The molecule has 0 spiro atoms. The number of alkyl halides is 1. The highest BCUT2D eigenvalue weighted by atomic mass is 35.5. The summed E-state index contributed by atoms with van der Waals surface area (Å²) >= 11 is 6.86. The van der Waals surface area contributed by atoms with E-state index in [1.165, 1.54) is 37.7 Å². The first kappa shape index (κ1) is 14.6. The Labute approximate surface area is 137 Å². The molecule has 0 heterocycles. The molecule has 5 rings (SSSR count). The number of hydrogen-bond donors (Lipinski definition) is 1. The molecule has 22 heavy (non-hydrogen) atoms. The molecule has 4 atom stereocenters. The minimum Gasteiger partial charge on any atom is -0.351 e. The summed E-state index contributed by atoms with van der Waals surface area (Å²) in [6, 6.07) is 7.81. The summed E-state index contributed by atoms with van der Waals surface area (Å²) in [7, 11) is 0. The van der Waals surface area contributed by atoms with Crippen LogP contribution in [-0.2, 0) is 0 Å². The molecule has 0 aliphatic heterocycles. The second kappa shape index (κ2) is 4.99. The van der Waals surface area contributed by atoms with Crippen LogP contribution in [0.5, 0.6) is 0 Å². The number of rotatable bonds is 3. The Kier molecular flexibility index (Phi) is 3.30. The largest absolute Gasteiger partial charge is 0.351 e. The van der Waals surface area contributed by atoms with Crippen LogP contribution in [0.25, 0.3) is 0 Å². The third kappa shape index (κ3) is 2.56. The lowest BCUT2D eigenvalue weighted by Crippen LogP contribution is -2.56. The maximum Gasteiger partial charge on any atom is 0.251 e. The fraction of sp³-hybridized carbons (Fsp3) is 0.632. The van der Waals surface area contributed by atoms with E-state index >= 15 is 0 Å². The third-order valence-electron chi connectivity index (χ3n) is 6.05. The van der Waals surface area contributed by atoms with Gasteiger partial charge in [-0.3, -0.25) is 4.79 Å². The van der Waals surface area contributed by atoms with Crippen molar-refractivity contribution in [1.29, 1.82) is 0 Å². The number of halogens is 1. The summed E-state index contributed by atoms with van der Waals surface area (Å²) in [5, 5.41) is 3.20. The summed E-state index contributed by atoms with van der Waals surface area (Å²) in [4.78, 5) is 12.4. The lowest BCUT2D eigenvalue weighted by Gasteiger charge is -2.60. The zero-order valence-corrected chi connectivity index (χ0v) is 14.0. The highest BCUT2D eigenvalue weighted by Crippen LogP contribution is 2.63. The summed E-state index contributed by atoms with van der Waals surface area (Å²) in [5.74, 6) is 1.63. The van der Waals surface area contributed by atoms with E-state index in [1.807, 2.05) is 31.2 Å². The number of hydrogen-bond acceptors (Lipinski definition) is 1. The van der Waals surface area contributed by atoms with Crippen molar-refractivity contribution in [2.24, 2.45) is 17.3 Å². The molecule has 1 amide bonds. The van der Waals surface area contributed by atoms with E-state index in [-0.39, 0.29) is 16.2 Å². The predicted octanol–water partition coefficient (Wildman–Crippen LogP) is 4.30. The van der Waals surface area contributed by atoms with E-state index in [0.717, 1.165) is 30.4 Å². The summed E-state index contributed by atoms with van der Waals surface area (Å²) in [6.07, 6.45) is 7.35. The summed E-state index contributed by atoms with van der Waals surface area (Å²) in [6.45, 7) is 2.83. The van der Waals surface area contributed by atoms with Crippen LogP contribution in [0.4, 0.5) is 0 Å². The van der Waals surface area contributed by atoms with E-state index in [9.17, 15) is 4.79 Å². The van der Waals surface area contributed by atoms with Gasteiger partial charge in [-0.05, 0) is 74.8 Å². The van der Waals surface area contributed by atoms with Gasteiger partial charge >= 0.3 is 0 Å². The van der Waals surface area contributed by atoms with Gasteiger partial charge in [-0.25, -0.2) is 0 Å². The van der Waals surface area contributed by atoms with Crippen LogP contribution >= 0.6 is 11.6 Å². The van der Waals surface area contributed by atoms with Gasteiger partial charge in [0.05, 0.1) is 0 Å². The lowest BCUT2D eigenvalue weighted by atomic mass is 9.49. The van der Waals surface area contributed by atoms with Gasteiger partial charge in [0.15, 0.2) is 0 Å². The van der Waals surface area contributed by atoms with E-state index in [2.05, 4.69) is 5.32 Å². The molecule has 4 aliphatic rings. The highest BCUT2D eigenvalue weighted by Gasteiger charge is 2.56. The van der Waals surface area contributed by atoms with Crippen LogP contribution in [0.15, 0.2) is 24.3 Å². The molecule has 1 aromatic rings. The van der Waals surface area contributed by atoms with Gasteiger partial charge in [0.2, 0.25) is 0 Å². The average molecular weight is 318 g/mol. The van der Waals surface area contributed by atoms with Gasteiger partial charge in [0.25, 0.3) is 5.91 Å². The topological polar surface area (TPSA) is 29.1 Å². The predicted molar refractivity (Wildman–Crippen MR) is 89.2 cm³/mol. The normalized spacial score (nSPS) is 39.0. The van der Waals surface area contributed by atoms with Gasteiger partial charge in [-0.15, -0.1) is 11.6 Å². The zero-order valence-electron chi connectivity index (χ0n) is 13.2. The van der Waals surface area contributed by atoms with Gasteiger partial charge < -0.3 is 5.32 Å². The van der Waals surface area contributed by atoms with E-state index in [4.69, 9.17) is 11.6 Å². The number of nitrogens with one attached hydrogen (secondary N) is 1. The van der Waals surface area contributed by atoms with Crippen molar-refractivity contribution in [3.8, 4) is 0 Å². The Morgan fingerprint density at radius 2 is 1.82 bits per heavy atom. The van der Waals surface area contributed by atoms with Crippen LogP contribution in [0.2, 0.25) is 0 Å². The van der Waals surface area contributed by atoms with Crippen LogP contribution in [0.3, 0.4) is 0 Å². The van der Waals surface area contributed by atoms with E-state index < -0.39 is 0 Å². The molecule has 4 bridgehead atoms. The number of benzene rings is 1. The molecule has 2 nitrogen and oxygen atoms in total. The molecular weight excluding hydrogens is 294 g/mol. The molecule has 1 N–H and O–H groups in total. The molecule has 4 aliphatic carbocycles. The Morgan fingerprint density at radius 1 is 1.18 bits per heavy atom. The quantitative estimate of drug-likeness (QED) is 0.827. The standard InChI is InChI=1S/C19H24ClNO/c1-13-2-4-16(5-3-13)17(22)21-12-18-7-14-6-15(8-18)10-19(20,9-14)11-18/h2-5,14-15H,6-12H2,1H3,(H,21,22)/t14-,15+,18?,19?. The Bertz CT molecular complexity index is 580. The Morgan fingerprint density at radius 3 is 2.41 bits per heavy atom. The zero-order chi connectivity index (χ0) is 15.4. The summed E-state index contributed by atoms with van der Waals surface area (Å²) in [5.41, 5.74) is 2.20. The maximum atomic E-state index is 12.4. The van der Waals surface area contributed by atoms with Crippen LogP contribution < -0.4 is 5.32 Å². The van der Waals surface area contributed by atoms with E-state index in [1.54, 1.807) is 0 Å². The molecule has 2 unspecified atom stereocenters. The first-order valence-corrected chi connectivity index (χ1v) is 8.87. The van der Waals surface area contributed by atoms with Crippen molar-refractivity contribution in [3.63, 3.8) is 0 Å². The van der Waals surface area contributed by atoms with Gasteiger partial charge in [-0.1, -0.05) is 17.7 Å². The molecule has 0 radical (unpaired) electrons. The van der Waals surface area contributed by atoms with Crippen molar-refractivity contribution in [3.05, 3.63) is 35.4 Å².